The van der Waals surface area contributed by atoms with Crippen LogP contribution in [0.1, 0.15) is 5.56 Å². The van der Waals surface area contributed by atoms with Gasteiger partial charge in [0.1, 0.15) is 5.56 Å². The molecular weight excluding hydrogens is 284 g/mol. The van der Waals surface area contributed by atoms with E-state index in [-0.39, 0.29) is 5.56 Å². The van der Waals surface area contributed by atoms with Gasteiger partial charge in [0.25, 0.3) is 22.1 Å². The van der Waals surface area contributed by atoms with Crippen molar-refractivity contribution in [3.05, 3.63) is 58.2 Å². The number of hydrogen-bond acceptors (Lipinski definition) is 8. The van der Waals surface area contributed by atoms with Crippen molar-refractivity contribution in [2.24, 2.45) is 0 Å². The number of nitro groups is 3. The van der Waals surface area contributed by atoms with E-state index in [2.05, 4.69) is 0 Å². The van der Waals surface area contributed by atoms with Gasteiger partial charge in [-0.05, 0) is 6.92 Å². The van der Waals surface area contributed by atoms with Crippen LogP contribution in [0.4, 0.5) is 17.1 Å². The number of nitro benzene ring substituents is 3. The van der Waals surface area contributed by atoms with Crippen LogP contribution in [0.15, 0.2) is 12.1 Å². The lowest BCUT2D eigenvalue weighted by molar-refractivity contribution is -0.742. The Morgan fingerprint density at radius 1 is 0.850 bits per heavy atom. The number of non-ortho nitro benzene ring substituents is 1. The molecule has 0 atom stereocenters. The van der Waals surface area contributed by atoms with E-state index >= 15 is 0 Å². The molecule has 0 saturated carbocycles. The van der Waals surface area contributed by atoms with Gasteiger partial charge in [-0.1, -0.05) is 0 Å². The maximum absolute atomic E-state index is 10.5. The smallest absolute Gasteiger partial charge is 0.291 e. The van der Waals surface area contributed by atoms with Crippen molar-refractivity contribution in [2.45, 2.75) is 6.92 Å². The number of hydrogen-bond donors (Lipinski definition) is 1. The van der Waals surface area contributed by atoms with Crippen LogP contribution in [0, 0.1) is 47.4 Å². The number of nitrogens with zero attached hydrogens (tertiary/aromatic N) is 4. The first-order chi connectivity index (χ1) is 9.07. The molecule has 1 aromatic rings. The van der Waals surface area contributed by atoms with E-state index in [0.29, 0.717) is 12.1 Å². The average Bonchev–Trinajstić information content (AvgIpc) is 2.27. The fourth-order valence-electron chi connectivity index (χ4n) is 1.15. The van der Waals surface area contributed by atoms with Gasteiger partial charge >= 0.3 is 0 Å². The van der Waals surface area contributed by atoms with Crippen LogP contribution in [0.25, 0.3) is 0 Å². The predicted octanol–water partition coefficient (Wildman–Crippen LogP) is 1.37. The van der Waals surface area contributed by atoms with E-state index in [9.17, 15) is 30.3 Å². The molecule has 0 amide bonds. The molecule has 20 heavy (non-hydrogen) atoms. The van der Waals surface area contributed by atoms with Gasteiger partial charge in [0.15, 0.2) is 0 Å². The molecule has 0 spiro atoms. The lowest BCUT2D eigenvalue weighted by atomic mass is 10.1. The zero-order valence-corrected chi connectivity index (χ0v) is 9.66. The molecule has 0 bridgehead atoms. The van der Waals surface area contributed by atoms with Crippen molar-refractivity contribution in [1.82, 2.24) is 0 Å². The maximum Gasteiger partial charge on any atom is 0.291 e. The number of rotatable bonds is 3. The molecule has 0 radical (unpaired) electrons. The van der Waals surface area contributed by atoms with Crippen LogP contribution in [0.5, 0.6) is 0 Å². The molecule has 13 heteroatoms. The summed E-state index contributed by atoms with van der Waals surface area (Å²) < 4.78 is 0. The number of benzene rings is 1. The molecule has 0 fully saturated rings. The molecule has 0 aliphatic heterocycles. The minimum atomic E-state index is -1.50. The monoisotopic (exact) mass is 290 g/mol. The van der Waals surface area contributed by atoms with Gasteiger partial charge in [0.05, 0.1) is 26.9 Å². The molecule has 13 nitrogen and oxygen atoms in total. The Morgan fingerprint density at radius 2 is 1.15 bits per heavy atom. The summed E-state index contributed by atoms with van der Waals surface area (Å²) in [5.41, 5.74) is -2.16. The first-order valence-corrected chi connectivity index (χ1v) is 4.49. The van der Waals surface area contributed by atoms with Gasteiger partial charge in [-0.2, -0.15) is 0 Å². The van der Waals surface area contributed by atoms with E-state index in [4.69, 9.17) is 15.3 Å². The topological polar surface area (TPSA) is 193 Å². The Kier molecular flexibility index (Phi) is 5.42. The second-order valence-electron chi connectivity index (χ2n) is 3.12. The third-order valence-corrected chi connectivity index (χ3v) is 1.94. The van der Waals surface area contributed by atoms with E-state index in [1.807, 2.05) is 0 Å². The molecule has 1 rings (SSSR count). The average molecular weight is 290 g/mol. The van der Waals surface area contributed by atoms with Gasteiger partial charge in [-0.15, -0.1) is 10.1 Å². The molecule has 0 aromatic heterocycles. The van der Waals surface area contributed by atoms with Gasteiger partial charge in [-0.25, -0.2) is 0 Å². The highest BCUT2D eigenvalue weighted by atomic mass is 16.9. The van der Waals surface area contributed by atoms with E-state index < -0.39 is 36.9 Å². The quantitative estimate of drug-likeness (QED) is 0.631. The lowest BCUT2D eigenvalue weighted by Crippen LogP contribution is -2.00. The minimum Gasteiger partial charge on any atom is -0.328 e. The third kappa shape index (κ3) is 4.47. The van der Waals surface area contributed by atoms with Crippen molar-refractivity contribution in [1.29, 1.82) is 0 Å². The van der Waals surface area contributed by atoms with Crippen molar-refractivity contribution >= 4 is 17.1 Å². The molecule has 108 valence electrons. The van der Waals surface area contributed by atoms with Gasteiger partial charge in [0.2, 0.25) is 0 Å². The Balaban J connectivity index is 0.000000796. The molecule has 1 N–H and O–H groups in total. The standard InChI is InChI=1S/C7H5N3O6.HNO3/c1-4-6(9(13)14)2-5(8(11)12)3-7(4)10(15)16;2-1(3)4/h2-3H,1H3;(H,2,3,4). The van der Waals surface area contributed by atoms with Crippen LogP contribution in [0.2, 0.25) is 0 Å². The summed E-state index contributed by atoms with van der Waals surface area (Å²) in [6, 6.07) is 1.39. The lowest BCUT2D eigenvalue weighted by Gasteiger charge is -1.99. The second-order valence-corrected chi connectivity index (χ2v) is 3.12. The van der Waals surface area contributed by atoms with E-state index in [1.165, 1.54) is 6.92 Å². The fourth-order valence-corrected chi connectivity index (χ4v) is 1.15. The Labute approximate surface area is 108 Å². The summed E-state index contributed by atoms with van der Waals surface area (Å²) in [5.74, 6) is 0. The molecule has 0 aliphatic carbocycles. The minimum absolute atomic E-state index is 0.208. The fraction of sp³-hybridized carbons (Fsp3) is 0.143. The van der Waals surface area contributed by atoms with Crippen LogP contribution in [-0.4, -0.2) is 25.1 Å². The van der Waals surface area contributed by atoms with Crippen LogP contribution >= 0.6 is 0 Å². The van der Waals surface area contributed by atoms with E-state index in [0.717, 1.165) is 0 Å². The first-order valence-electron chi connectivity index (χ1n) is 4.49. The highest BCUT2D eigenvalue weighted by molar-refractivity contribution is 5.59. The molecule has 0 aliphatic rings. The zero-order valence-electron chi connectivity index (χ0n) is 9.66. The Hall–Kier alpha value is -3.38. The van der Waals surface area contributed by atoms with Crippen LogP contribution in [0.3, 0.4) is 0 Å². The highest BCUT2D eigenvalue weighted by Gasteiger charge is 2.27. The molecule has 0 unspecified atom stereocenters. The summed E-state index contributed by atoms with van der Waals surface area (Å²) in [6.45, 7) is 1.17. The normalized spacial score (nSPS) is 9.05. The second kappa shape index (κ2) is 6.53. The van der Waals surface area contributed by atoms with Crippen molar-refractivity contribution in [3.63, 3.8) is 0 Å². The summed E-state index contributed by atoms with van der Waals surface area (Å²) in [4.78, 5) is 37.1. The summed E-state index contributed by atoms with van der Waals surface area (Å²) >= 11 is 0. The van der Waals surface area contributed by atoms with Gasteiger partial charge < -0.3 is 5.21 Å². The molecule has 0 saturated heterocycles. The summed E-state index contributed by atoms with van der Waals surface area (Å²) in [7, 11) is 0. The summed E-state index contributed by atoms with van der Waals surface area (Å²) in [5, 5.41) is 45.1. The van der Waals surface area contributed by atoms with Crippen LogP contribution < -0.4 is 0 Å². The van der Waals surface area contributed by atoms with Gasteiger partial charge in [0, 0.05) is 0 Å². The SMILES string of the molecule is Cc1c([N+](=O)[O-])cc([N+](=O)[O-])cc1[N+](=O)[O-].O=[N+]([O-])O. The highest BCUT2D eigenvalue weighted by Crippen LogP contribution is 2.32. The Morgan fingerprint density at radius 3 is 1.35 bits per heavy atom. The molecule has 1 aromatic carbocycles. The predicted molar refractivity (Wildman–Crippen MR) is 59.9 cm³/mol. The Bertz CT molecular complexity index is 545. The van der Waals surface area contributed by atoms with Gasteiger partial charge in [-0.3, -0.25) is 30.3 Å². The summed E-state index contributed by atoms with van der Waals surface area (Å²) in [6.07, 6.45) is 0. The van der Waals surface area contributed by atoms with Crippen molar-refractivity contribution in [3.8, 4) is 0 Å². The van der Waals surface area contributed by atoms with Crippen LogP contribution in [-0.2, 0) is 0 Å². The zero-order chi connectivity index (χ0) is 16.0. The third-order valence-electron chi connectivity index (χ3n) is 1.94. The first kappa shape index (κ1) is 16.6. The largest absolute Gasteiger partial charge is 0.328 e. The van der Waals surface area contributed by atoms with Crippen molar-refractivity contribution < 1.29 is 25.1 Å². The van der Waals surface area contributed by atoms with Crippen molar-refractivity contribution in [2.75, 3.05) is 0 Å². The maximum atomic E-state index is 10.5. The molecular formula is C7H6N4O9. The van der Waals surface area contributed by atoms with E-state index in [1.54, 1.807) is 0 Å². The molecule has 0 heterocycles.